The molecule has 2 fully saturated rings. The second-order valence-corrected chi connectivity index (χ2v) is 8.72. The first kappa shape index (κ1) is 20.7. The molecular weight excluding hydrogens is 415 g/mol. The number of anilines is 1. The van der Waals surface area contributed by atoms with Gasteiger partial charge in [-0.3, -0.25) is 5.43 Å². The number of aromatic nitrogens is 2. The van der Waals surface area contributed by atoms with Crippen molar-refractivity contribution in [2.75, 3.05) is 37.7 Å². The Labute approximate surface area is 186 Å². The highest BCUT2D eigenvalue weighted by atomic mass is 19.1. The number of hydrazone groups is 1. The third-order valence-electron chi connectivity index (χ3n) is 6.32. The van der Waals surface area contributed by atoms with Crippen molar-refractivity contribution in [1.82, 2.24) is 20.3 Å². The average Bonchev–Trinajstić information content (AvgIpc) is 3.39. The van der Waals surface area contributed by atoms with Crippen LogP contribution in [0.4, 0.5) is 15.0 Å². The van der Waals surface area contributed by atoms with Crippen molar-refractivity contribution >= 4 is 17.6 Å². The van der Waals surface area contributed by atoms with Crippen LogP contribution in [0.2, 0.25) is 0 Å². The van der Waals surface area contributed by atoms with Gasteiger partial charge in [0.05, 0.1) is 23.9 Å². The Balaban J connectivity index is 1.28. The highest BCUT2D eigenvalue weighted by molar-refractivity contribution is 6.04. The Bertz CT molecular complexity index is 1010. The number of carbonyl (C=O) groups excluding carboxylic acids is 1. The van der Waals surface area contributed by atoms with Crippen LogP contribution in [0.1, 0.15) is 38.8 Å². The van der Waals surface area contributed by atoms with Crippen LogP contribution in [-0.2, 0) is 9.47 Å². The van der Waals surface area contributed by atoms with Gasteiger partial charge in [-0.25, -0.2) is 19.2 Å². The van der Waals surface area contributed by atoms with Crippen LogP contribution in [0, 0.1) is 5.92 Å². The SMILES string of the molecule is CCOC(=O)N1CCN(c2cc(C3=NNC4=CC(F)=C(OC5(C)CC5)CC43)ncn2)CC1. The van der Waals surface area contributed by atoms with E-state index >= 15 is 0 Å². The van der Waals surface area contributed by atoms with E-state index in [4.69, 9.17) is 9.47 Å². The average molecular weight is 442 g/mol. The molecule has 9 nitrogen and oxygen atoms in total. The first-order valence-electron chi connectivity index (χ1n) is 11.1. The van der Waals surface area contributed by atoms with Gasteiger partial charge in [0.25, 0.3) is 0 Å². The number of fused-ring (bicyclic) bond motifs is 1. The van der Waals surface area contributed by atoms with Crippen LogP contribution in [-0.4, -0.2) is 65.1 Å². The van der Waals surface area contributed by atoms with Crippen LogP contribution in [0.5, 0.6) is 0 Å². The summed E-state index contributed by atoms with van der Waals surface area (Å²) in [5.41, 5.74) is 4.88. The topological polar surface area (TPSA) is 92.2 Å². The van der Waals surface area contributed by atoms with Gasteiger partial charge in [0.2, 0.25) is 0 Å². The van der Waals surface area contributed by atoms with E-state index in [0.717, 1.165) is 24.4 Å². The highest BCUT2D eigenvalue weighted by Gasteiger charge is 2.43. The monoisotopic (exact) mass is 442 g/mol. The molecule has 1 saturated heterocycles. The van der Waals surface area contributed by atoms with Crippen molar-refractivity contribution in [1.29, 1.82) is 0 Å². The van der Waals surface area contributed by atoms with E-state index in [2.05, 4.69) is 25.4 Å². The zero-order valence-electron chi connectivity index (χ0n) is 18.3. The fraction of sp³-hybridized carbons (Fsp3) is 0.545. The number of allylic oxidation sites excluding steroid dienone is 4. The summed E-state index contributed by atoms with van der Waals surface area (Å²) in [6.07, 6.45) is 5.02. The maximum atomic E-state index is 14.5. The lowest BCUT2D eigenvalue weighted by Gasteiger charge is -2.34. The number of piperazine rings is 1. The molecule has 32 heavy (non-hydrogen) atoms. The number of amides is 1. The third-order valence-corrected chi connectivity index (χ3v) is 6.32. The summed E-state index contributed by atoms with van der Waals surface area (Å²) < 4.78 is 25.6. The Kier molecular flexibility index (Phi) is 5.22. The molecule has 5 rings (SSSR count). The fourth-order valence-electron chi connectivity index (χ4n) is 4.16. The van der Waals surface area contributed by atoms with Crippen LogP contribution < -0.4 is 10.3 Å². The van der Waals surface area contributed by atoms with Crippen molar-refractivity contribution in [2.24, 2.45) is 11.0 Å². The van der Waals surface area contributed by atoms with Crippen LogP contribution in [0.25, 0.3) is 0 Å². The summed E-state index contributed by atoms with van der Waals surface area (Å²) in [5.74, 6) is 0.698. The number of rotatable bonds is 5. The molecule has 2 aliphatic carbocycles. The molecule has 10 heteroatoms. The molecule has 0 aromatic carbocycles. The Morgan fingerprint density at radius 1 is 1.28 bits per heavy atom. The molecule has 1 unspecified atom stereocenters. The lowest BCUT2D eigenvalue weighted by molar-refractivity contribution is 0.0941. The van der Waals surface area contributed by atoms with E-state index in [1.165, 1.54) is 12.4 Å². The van der Waals surface area contributed by atoms with E-state index in [0.29, 0.717) is 56.4 Å². The van der Waals surface area contributed by atoms with Crippen LogP contribution >= 0.6 is 0 Å². The van der Waals surface area contributed by atoms with E-state index in [1.54, 1.807) is 11.8 Å². The van der Waals surface area contributed by atoms with Gasteiger partial charge in [-0.05, 0) is 32.8 Å². The maximum absolute atomic E-state index is 14.5. The molecule has 1 N–H and O–H groups in total. The molecule has 1 aromatic heterocycles. The quantitative estimate of drug-likeness (QED) is 0.750. The van der Waals surface area contributed by atoms with Gasteiger partial charge in [0, 0.05) is 44.4 Å². The predicted molar refractivity (Wildman–Crippen MR) is 116 cm³/mol. The molecule has 0 spiro atoms. The van der Waals surface area contributed by atoms with Gasteiger partial charge in [0.15, 0.2) is 5.83 Å². The normalized spacial score (nSPS) is 23.8. The van der Waals surface area contributed by atoms with Crippen molar-refractivity contribution in [3.05, 3.63) is 41.4 Å². The van der Waals surface area contributed by atoms with Gasteiger partial charge in [-0.2, -0.15) is 5.10 Å². The first-order chi connectivity index (χ1) is 15.5. The standard InChI is InChI=1S/C22H27FN6O3/c1-3-31-21(30)29-8-6-28(7-9-29)19-12-17(24-13-25-19)20-14-10-18(32-22(2)4-5-22)15(23)11-16(14)26-27-20/h11-14,26H,3-10H2,1-2H3. The molecule has 1 aromatic rings. The molecular formula is C22H27FN6O3. The number of ether oxygens (including phenoxy) is 2. The smallest absolute Gasteiger partial charge is 0.409 e. The number of hydrogen-bond acceptors (Lipinski definition) is 8. The minimum atomic E-state index is -0.337. The number of hydrogen-bond donors (Lipinski definition) is 1. The summed E-state index contributed by atoms with van der Waals surface area (Å²) in [5, 5.41) is 4.44. The molecule has 1 atom stereocenters. The molecule has 0 radical (unpaired) electrons. The lowest BCUT2D eigenvalue weighted by atomic mass is 9.90. The van der Waals surface area contributed by atoms with Crippen molar-refractivity contribution in [2.45, 2.75) is 38.7 Å². The summed E-state index contributed by atoms with van der Waals surface area (Å²) >= 11 is 0. The number of halogens is 1. The second kappa shape index (κ2) is 8.07. The van der Waals surface area contributed by atoms with Gasteiger partial charge in [-0.15, -0.1) is 0 Å². The van der Waals surface area contributed by atoms with Gasteiger partial charge >= 0.3 is 6.09 Å². The van der Waals surface area contributed by atoms with Crippen LogP contribution in [0.3, 0.4) is 0 Å². The molecule has 2 aliphatic heterocycles. The lowest BCUT2D eigenvalue weighted by Crippen LogP contribution is -2.49. The summed E-state index contributed by atoms with van der Waals surface area (Å²) in [7, 11) is 0. The number of carbonyl (C=O) groups is 1. The van der Waals surface area contributed by atoms with Gasteiger partial charge in [-0.1, -0.05) is 0 Å². The Morgan fingerprint density at radius 3 is 2.78 bits per heavy atom. The zero-order valence-corrected chi connectivity index (χ0v) is 18.3. The minimum Gasteiger partial charge on any atom is -0.489 e. The maximum Gasteiger partial charge on any atom is 0.409 e. The summed E-state index contributed by atoms with van der Waals surface area (Å²) in [4.78, 5) is 24.6. The Hall–Kier alpha value is -3.17. The van der Waals surface area contributed by atoms with E-state index < -0.39 is 0 Å². The molecule has 3 heterocycles. The minimum absolute atomic E-state index is 0.129. The zero-order chi connectivity index (χ0) is 22.3. The molecule has 1 saturated carbocycles. The number of nitrogens with zero attached hydrogens (tertiary/aromatic N) is 5. The Morgan fingerprint density at radius 2 is 2.06 bits per heavy atom. The predicted octanol–water partition coefficient (Wildman–Crippen LogP) is 2.72. The van der Waals surface area contributed by atoms with Crippen LogP contribution in [0.15, 0.2) is 40.9 Å². The second-order valence-electron chi connectivity index (χ2n) is 8.72. The first-order valence-corrected chi connectivity index (χ1v) is 11.1. The van der Waals surface area contributed by atoms with Gasteiger partial charge in [0.1, 0.15) is 23.5 Å². The third kappa shape index (κ3) is 4.01. The molecule has 4 aliphatic rings. The number of nitrogens with one attached hydrogen (secondary N) is 1. The fourth-order valence-corrected chi connectivity index (χ4v) is 4.16. The van der Waals surface area contributed by atoms with Gasteiger partial charge < -0.3 is 19.3 Å². The van der Waals surface area contributed by atoms with Crippen molar-refractivity contribution in [3.8, 4) is 0 Å². The van der Waals surface area contributed by atoms with E-state index in [1.807, 2.05) is 13.0 Å². The largest absolute Gasteiger partial charge is 0.489 e. The van der Waals surface area contributed by atoms with Crippen molar-refractivity contribution in [3.63, 3.8) is 0 Å². The molecule has 170 valence electrons. The molecule has 0 bridgehead atoms. The van der Waals surface area contributed by atoms with E-state index in [-0.39, 0.29) is 23.4 Å². The van der Waals surface area contributed by atoms with E-state index in [9.17, 15) is 9.18 Å². The summed E-state index contributed by atoms with van der Waals surface area (Å²) in [6.45, 7) is 6.62. The summed E-state index contributed by atoms with van der Waals surface area (Å²) in [6, 6.07) is 1.90. The van der Waals surface area contributed by atoms with Crippen molar-refractivity contribution < 1.29 is 18.7 Å². The highest BCUT2D eigenvalue weighted by Crippen LogP contribution is 2.44. The molecule has 1 amide bonds.